The first-order valence-corrected chi connectivity index (χ1v) is 8.92. The quantitative estimate of drug-likeness (QED) is 0.555. The van der Waals surface area contributed by atoms with Crippen LogP contribution in [0.2, 0.25) is 0 Å². The van der Waals surface area contributed by atoms with Crippen molar-refractivity contribution in [2.24, 2.45) is 0 Å². The largest absolute Gasteiger partial charge is 0.493 e. The third-order valence-corrected chi connectivity index (χ3v) is 4.47. The molecule has 0 saturated heterocycles. The van der Waals surface area contributed by atoms with Gasteiger partial charge in [-0.1, -0.05) is 43.0 Å². The maximum atomic E-state index is 10.4. The summed E-state index contributed by atoms with van der Waals surface area (Å²) in [5, 5.41) is 13.8. The molecule has 2 aromatic rings. The zero-order valence-corrected chi connectivity index (χ0v) is 17.3. The van der Waals surface area contributed by atoms with Crippen molar-refractivity contribution < 1.29 is 14.6 Å². The second kappa shape index (κ2) is 11.2. The van der Waals surface area contributed by atoms with Gasteiger partial charge in [-0.2, -0.15) is 0 Å². The topological polar surface area (TPSA) is 50.7 Å². The number of hydrogen-bond donors (Lipinski definition) is 2. The molecule has 0 fully saturated rings. The van der Waals surface area contributed by atoms with E-state index in [1.54, 1.807) is 13.2 Å². The number of benzene rings is 2. The van der Waals surface area contributed by atoms with Crippen molar-refractivity contribution in [3.05, 3.63) is 70.7 Å². The van der Waals surface area contributed by atoms with Gasteiger partial charge in [0.05, 0.1) is 17.7 Å². The Hall–Kier alpha value is -1.53. The number of methoxy groups -OCH3 is 1. The lowest BCUT2D eigenvalue weighted by Crippen LogP contribution is -2.31. The van der Waals surface area contributed by atoms with E-state index in [2.05, 4.69) is 27.8 Å². The summed E-state index contributed by atoms with van der Waals surface area (Å²) in [6.07, 6.45) is 1.12. The molecule has 2 atom stereocenters. The van der Waals surface area contributed by atoms with Gasteiger partial charge in [-0.25, -0.2) is 0 Å². The number of hydrogen-bond acceptors (Lipinski definition) is 4. The van der Waals surface area contributed by atoms with Crippen LogP contribution in [0.1, 0.15) is 24.2 Å². The van der Waals surface area contributed by atoms with Crippen LogP contribution in [0.15, 0.2) is 59.6 Å². The van der Waals surface area contributed by atoms with Gasteiger partial charge in [0.1, 0.15) is 6.61 Å². The summed E-state index contributed by atoms with van der Waals surface area (Å²) in [4.78, 5) is 0. The average Bonchev–Trinajstić information content (AvgIpc) is 2.64. The van der Waals surface area contributed by atoms with Gasteiger partial charge in [0.15, 0.2) is 11.5 Å². The standard InChI is InChI=1S/C20H24BrNO3.ClH/c1-4-10-25-20-17(21)11-15(12-18(20)24-3)13-22-14(2)19(23)16-8-6-5-7-9-16;/h4-9,11-12,14,19,22-23H,1,10,13H2,2-3H3;1H. The Morgan fingerprint density at radius 1 is 1.27 bits per heavy atom. The van der Waals surface area contributed by atoms with Crippen molar-refractivity contribution in [2.45, 2.75) is 25.6 Å². The molecule has 0 aromatic heterocycles. The van der Waals surface area contributed by atoms with Crippen molar-refractivity contribution in [1.82, 2.24) is 5.32 Å². The molecule has 0 spiro atoms. The average molecular weight is 443 g/mol. The summed E-state index contributed by atoms with van der Waals surface area (Å²) in [6.45, 7) is 6.63. The lowest BCUT2D eigenvalue weighted by atomic mass is 10.0. The number of halogens is 2. The molecule has 6 heteroatoms. The fourth-order valence-electron chi connectivity index (χ4n) is 2.49. The van der Waals surface area contributed by atoms with Gasteiger partial charge in [0.2, 0.25) is 0 Å². The molecule has 0 bridgehead atoms. The lowest BCUT2D eigenvalue weighted by Gasteiger charge is -2.21. The van der Waals surface area contributed by atoms with Crippen LogP contribution in [0.5, 0.6) is 11.5 Å². The van der Waals surface area contributed by atoms with E-state index in [0.717, 1.165) is 15.6 Å². The van der Waals surface area contributed by atoms with E-state index in [0.29, 0.717) is 24.7 Å². The second-order valence-corrected chi connectivity index (χ2v) is 6.59. The zero-order chi connectivity index (χ0) is 18.2. The first kappa shape index (κ1) is 22.5. The number of aliphatic hydroxyl groups excluding tert-OH is 1. The van der Waals surface area contributed by atoms with Crippen molar-refractivity contribution in [1.29, 1.82) is 0 Å². The summed E-state index contributed by atoms with van der Waals surface area (Å²) in [5.41, 5.74) is 1.93. The van der Waals surface area contributed by atoms with E-state index >= 15 is 0 Å². The van der Waals surface area contributed by atoms with Crippen molar-refractivity contribution in [3.63, 3.8) is 0 Å². The van der Waals surface area contributed by atoms with Crippen LogP contribution in [-0.2, 0) is 6.54 Å². The molecule has 0 heterocycles. The van der Waals surface area contributed by atoms with Crippen LogP contribution in [0.4, 0.5) is 0 Å². The van der Waals surface area contributed by atoms with Gasteiger partial charge in [0, 0.05) is 12.6 Å². The van der Waals surface area contributed by atoms with Crippen molar-refractivity contribution >= 4 is 28.3 Å². The molecular weight excluding hydrogens is 418 g/mol. The number of aliphatic hydroxyl groups is 1. The summed E-state index contributed by atoms with van der Waals surface area (Å²) in [5.74, 6) is 1.31. The Kier molecular flexibility index (Phi) is 9.73. The van der Waals surface area contributed by atoms with Crippen LogP contribution in [0, 0.1) is 0 Å². The SMILES string of the molecule is C=CCOc1c(Br)cc(CNC(C)C(O)c2ccccc2)cc1OC.Cl. The van der Waals surface area contributed by atoms with Gasteiger partial charge in [-0.05, 0) is 46.1 Å². The van der Waals surface area contributed by atoms with Gasteiger partial charge in [0.25, 0.3) is 0 Å². The molecule has 0 saturated carbocycles. The molecule has 0 aliphatic rings. The van der Waals surface area contributed by atoms with E-state index in [1.807, 2.05) is 49.4 Å². The maximum Gasteiger partial charge on any atom is 0.175 e. The van der Waals surface area contributed by atoms with Crippen LogP contribution in [0.25, 0.3) is 0 Å². The summed E-state index contributed by atoms with van der Waals surface area (Å²) < 4.78 is 11.9. The molecule has 0 radical (unpaired) electrons. The first-order valence-electron chi connectivity index (χ1n) is 8.13. The molecule has 2 unspecified atom stereocenters. The summed E-state index contributed by atoms with van der Waals surface area (Å²) in [7, 11) is 1.61. The van der Waals surface area contributed by atoms with Crippen LogP contribution in [0.3, 0.4) is 0 Å². The number of ether oxygens (including phenoxy) is 2. The predicted octanol–water partition coefficient (Wildman–Crippen LogP) is 4.66. The van der Waals surface area contributed by atoms with Crippen molar-refractivity contribution in [3.8, 4) is 11.5 Å². The molecule has 0 aliphatic carbocycles. The Morgan fingerprint density at radius 2 is 1.96 bits per heavy atom. The fourth-order valence-corrected chi connectivity index (χ4v) is 3.09. The Morgan fingerprint density at radius 3 is 2.58 bits per heavy atom. The molecule has 0 amide bonds. The molecule has 4 nitrogen and oxygen atoms in total. The molecule has 2 N–H and O–H groups in total. The third kappa shape index (κ3) is 6.02. The smallest absolute Gasteiger partial charge is 0.175 e. The monoisotopic (exact) mass is 441 g/mol. The first-order chi connectivity index (χ1) is 12.1. The van der Waals surface area contributed by atoms with Gasteiger partial charge in [-0.3, -0.25) is 0 Å². The predicted molar refractivity (Wildman–Crippen MR) is 111 cm³/mol. The summed E-state index contributed by atoms with van der Waals surface area (Å²) >= 11 is 3.53. The highest BCUT2D eigenvalue weighted by molar-refractivity contribution is 9.10. The summed E-state index contributed by atoms with van der Waals surface area (Å²) in [6, 6.07) is 13.5. The molecule has 0 aliphatic heterocycles. The second-order valence-electron chi connectivity index (χ2n) is 5.73. The van der Waals surface area contributed by atoms with E-state index in [4.69, 9.17) is 9.47 Å². The fraction of sp³-hybridized carbons (Fsp3) is 0.300. The molecular formula is C20H25BrClNO3. The Labute approximate surface area is 169 Å². The van der Waals surface area contributed by atoms with Crippen LogP contribution >= 0.6 is 28.3 Å². The molecule has 2 aromatic carbocycles. The van der Waals surface area contributed by atoms with E-state index < -0.39 is 6.10 Å². The number of rotatable bonds is 9. The minimum absolute atomic E-state index is 0. The molecule has 2 rings (SSSR count). The number of nitrogens with one attached hydrogen (secondary N) is 1. The lowest BCUT2D eigenvalue weighted by molar-refractivity contribution is 0.135. The molecule has 142 valence electrons. The van der Waals surface area contributed by atoms with Gasteiger partial charge >= 0.3 is 0 Å². The zero-order valence-electron chi connectivity index (χ0n) is 14.9. The highest BCUT2D eigenvalue weighted by Crippen LogP contribution is 2.36. The Balaban J connectivity index is 0.00000338. The highest BCUT2D eigenvalue weighted by atomic mass is 79.9. The highest BCUT2D eigenvalue weighted by Gasteiger charge is 2.16. The minimum Gasteiger partial charge on any atom is -0.493 e. The van der Waals surface area contributed by atoms with Gasteiger partial charge < -0.3 is 19.9 Å². The van der Waals surface area contributed by atoms with E-state index in [9.17, 15) is 5.11 Å². The molecule has 26 heavy (non-hydrogen) atoms. The van der Waals surface area contributed by atoms with E-state index in [-0.39, 0.29) is 18.4 Å². The van der Waals surface area contributed by atoms with Gasteiger partial charge in [-0.15, -0.1) is 12.4 Å². The normalized spacial score (nSPS) is 12.6. The van der Waals surface area contributed by atoms with E-state index in [1.165, 1.54) is 0 Å². The van der Waals surface area contributed by atoms with Crippen LogP contribution < -0.4 is 14.8 Å². The Bertz CT molecular complexity index is 697. The van der Waals surface area contributed by atoms with Crippen LogP contribution in [-0.4, -0.2) is 24.9 Å². The minimum atomic E-state index is -0.568. The third-order valence-electron chi connectivity index (χ3n) is 3.88. The van der Waals surface area contributed by atoms with Crippen molar-refractivity contribution in [2.75, 3.05) is 13.7 Å². The maximum absolute atomic E-state index is 10.4.